The summed E-state index contributed by atoms with van der Waals surface area (Å²) in [5.41, 5.74) is 0.705. The highest BCUT2D eigenvalue weighted by atomic mass is 16.5. The van der Waals surface area contributed by atoms with Gasteiger partial charge in [0.15, 0.2) is 5.82 Å². The number of ether oxygens (including phenoxy) is 2. The van der Waals surface area contributed by atoms with Crippen LogP contribution in [0, 0.1) is 0 Å². The number of rotatable bonds is 7. The molecular weight excluding hydrogens is 334 g/mol. The van der Waals surface area contributed by atoms with E-state index in [-0.39, 0.29) is 12.4 Å². The van der Waals surface area contributed by atoms with Crippen LogP contribution in [-0.4, -0.2) is 60.4 Å². The molecule has 0 unspecified atom stereocenters. The maximum absolute atomic E-state index is 11.5. The van der Waals surface area contributed by atoms with Crippen molar-refractivity contribution in [2.45, 2.75) is 13.3 Å². The lowest BCUT2D eigenvalue weighted by Gasteiger charge is -2.28. The Morgan fingerprint density at radius 3 is 2.88 bits per heavy atom. The summed E-state index contributed by atoms with van der Waals surface area (Å²) in [6, 6.07) is 7.53. The molecule has 2 aromatic rings. The minimum absolute atomic E-state index is 0.229. The van der Waals surface area contributed by atoms with E-state index in [2.05, 4.69) is 25.2 Å². The molecule has 1 saturated heterocycles. The first kappa shape index (κ1) is 18.1. The number of esters is 1. The number of hydrogen-bond acceptors (Lipinski definition) is 8. The number of aromatic nitrogens is 3. The second-order valence-corrected chi connectivity index (χ2v) is 5.73. The third-order valence-corrected chi connectivity index (χ3v) is 3.88. The molecule has 0 radical (unpaired) electrons. The molecule has 1 aliphatic rings. The fourth-order valence-corrected chi connectivity index (χ4v) is 2.61. The SMILES string of the molecule is CCOC(=O)CCNc1cc(N2CCOCC2)nc(-c2ccccn2)n1. The van der Waals surface area contributed by atoms with Crippen molar-refractivity contribution in [3.05, 3.63) is 30.5 Å². The second kappa shape index (κ2) is 9.10. The van der Waals surface area contributed by atoms with Crippen molar-refractivity contribution in [3.8, 4) is 11.5 Å². The fourth-order valence-electron chi connectivity index (χ4n) is 2.61. The standard InChI is InChI=1S/C18H23N5O3/c1-2-26-17(24)6-8-20-15-13-16(23-9-11-25-12-10-23)22-18(21-15)14-5-3-4-7-19-14/h3-5,7,13H,2,6,8-12H2,1H3,(H,20,21,22). The summed E-state index contributed by atoms with van der Waals surface area (Å²) in [5, 5.41) is 3.19. The zero-order valence-electron chi connectivity index (χ0n) is 14.9. The molecule has 3 rings (SSSR count). The maximum Gasteiger partial charge on any atom is 0.307 e. The molecule has 0 aliphatic carbocycles. The highest BCUT2D eigenvalue weighted by Crippen LogP contribution is 2.22. The third kappa shape index (κ3) is 4.89. The second-order valence-electron chi connectivity index (χ2n) is 5.73. The van der Waals surface area contributed by atoms with Crippen molar-refractivity contribution < 1.29 is 14.3 Å². The van der Waals surface area contributed by atoms with E-state index in [0.29, 0.717) is 43.7 Å². The van der Waals surface area contributed by atoms with Crippen molar-refractivity contribution in [3.63, 3.8) is 0 Å². The molecule has 0 saturated carbocycles. The van der Waals surface area contributed by atoms with Crippen LogP contribution in [-0.2, 0) is 14.3 Å². The van der Waals surface area contributed by atoms with Gasteiger partial charge in [0.2, 0.25) is 0 Å². The molecule has 138 valence electrons. The lowest BCUT2D eigenvalue weighted by Crippen LogP contribution is -2.37. The molecule has 0 spiro atoms. The average Bonchev–Trinajstić information content (AvgIpc) is 2.69. The van der Waals surface area contributed by atoms with Gasteiger partial charge in [-0.25, -0.2) is 9.97 Å². The molecule has 8 heteroatoms. The van der Waals surface area contributed by atoms with Crippen LogP contribution in [0.5, 0.6) is 0 Å². The summed E-state index contributed by atoms with van der Waals surface area (Å²) in [7, 11) is 0. The molecule has 0 bridgehead atoms. The van der Waals surface area contributed by atoms with Crippen molar-refractivity contribution >= 4 is 17.6 Å². The molecule has 1 N–H and O–H groups in total. The van der Waals surface area contributed by atoms with E-state index in [9.17, 15) is 4.79 Å². The Bertz CT molecular complexity index is 720. The van der Waals surface area contributed by atoms with E-state index >= 15 is 0 Å². The molecule has 3 heterocycles. The average molecular weight is 357 g/mol. The van der Waals surface area contributed by atoms with Crippen LogP contribution in [0.25, 0.3) is 11.5 Å². The Morgan fingerprint density at radius 2 is 2.15 bits per heavy atom. The van der Waals surface area contributed by atoms with Gasteiger partial charge in [-0.15, -0.1) is 0 Å². The van der Waals surface area contributed by atoms with E-state index in [1.807, 2.05) is 24.3 Å². The van der Waals surface area contributed by atoms with Gasteiger partial charge in [-0.05, 0) is 19.1 Å². The van der Waals surface area contributed by atoms with Gasteiger partial charge in [0.1, 0.15) is 17.3 Å². The first-order valence-electron chi connectivity index (χ1n) is 8.79. The molecule has 26 heavy (non-hydrogen) atoms. The van der Waals surface area contributed by atoms with Gasteiger partial charge in [-0.3, -0.25) is 9.78 Å². The van der Waals surface area contributed by atoms with Gasteiger partial charge >= 0.3 is 5.97 Å². The maximum atomic E-state index is 11.5. The predicted octanol–water partition coefficient (Wildman–Crippen LogP) is 1.74. The first-order valence-corrected chi connectivity index (χ1v) is 8.79. The van der Waals surface area contributed by atoms with Crippen molar-refractivity contribution in [2.75, 3.05) is 49.7 Å². The van der Waals surface area contributed by atoms with Crippen LogP contribution in [0.2, 0.25) is 0 Å². The minimum atomic E-state index is -0.229. The smallest absolute Gasteiger partial charge is 0.307 e. The molecular formula is C18H23N5O3. The van der Waals surface area contributed by atoms with E-state index in [1.54, 1.807) is 13.1 Å². The third-order valence-electron chi connectivity index (χ3n) is 3.88. The van der Waals surface area contributed by atoms with Gasteiger partial charge in [-0.1, -0.05) is 6.07 Å². The van der Waals surface area contributed by atoms with Gasteiger partial charge in [0.25, 0.3) is 0 Å². The number of carbonyl (C=O) groups is 1. The topological polar surface area (TPSA) is 89.5 Å². The molecule has 0 amide bonds. The van der Waals surface area contributed by atoms with Crippen molar-refractivity contribution in [2.24, 2.45) is 0 Å². The summed E-state index contributed by atoms with van der Waals surface area (Å²) >= 11 is 0. The van der Waals surface area contributed by atoms with Crippen LogP contribution in [0.15, 0.2) is 30.5 Å². The number of hydrogen-bond donors (Lipinski definition) is 1. The van der Waals surface area contributed by atoms with E-state index in [0.717, 1.165) is 18.9 Å². The molecule has 2 aromatic heterocycles. The predicted molar refractivity (Wildman–Crippen MR) is 98.0 cm³/mol. The van der Waals surface area contributed by atoms with Crippen LogP contribution in [0.1, 0.15) is 13.3 Å². The van der Waals surface area contributed by atoms with Crippen molar-refractivity contribution in [1.82, 2.24) is 15.0 Å². The van der Waals surface area contributed by atoms with Crippen LogP contribution in [0.4, 0.5) is 11.6 Å². The van der Waals surface area contributed by atoms with Crippen LogP contribution < -0.4 is 10.2 Å². The zero-order valence-corrected chi connectivity index (χ0v) is 14.9. The lowest BCUT2D eigenvalue weighted by molar-refractivity contribution is -0.142. The van der Waals surface area contributed by atoms with Gasteiger partial charge in [0.05, 0.1) is 26.2 Å². The van der Waals surface area contributed by atoms with Crippen LogP contribution >= 0.6 is 0 Å². The Balaban J connectivity index is 1.79. The quantitative estimate of drug-likeness (QED) is 0.750. The highest BCUT2D eigenvalue weighted by molar-refractivity contribution is 5.70. The van der Waals surface area contributed by atoms with Crippen LogP contribution in [0.3, 0.4) is 0 Å². The van der Waals surface area contributed by atoms with Crippen molar-refractivity contribution in [1.29, 1.82) is 0 Å². The highest BCUT2D eigenvalue weighted by Gasteiger charge is 2.16. The van der Waals surface area contributed by atoms with E-state index in [4.69, 9.17) is 9.47 Å². The summed E-state index contributed by atoms with van der Waals surface area (Å²) in [6.45, 7) is 5.53. The largest absolute Gasteiger partial charge is 0.466 e. The summed E-state index contributed by atoms with van der Waals surface area (Å²) in [4.78, 5) is 27.2. The molecule has 1 aliphatic heterocycles. The summed E-state index contributed by atoms with van der Waals surface area (Å²) in [6.07, 6.45) is 2.00. The normalized spacial score (nSPS) is 14.1. The number of pyridine rings is 1. The number of carbonyl (C=O) groups excluding carboxylic acids is 1. The summed E-state index contributed by atoms with van der Waals surface area (Å²) < 4.78 is 10.4. The van der Waals surface area contributed by atoms with E-state index in [1.165, 1.54) is 0 Å². The Kier molecular flexibility index (Phi) is 6.32. The Morgan fingerprint density at radius 1 is 1.31 bits per heavy atom. The Labute approximate surface area is 152 Å². The molecule has 0 atom stereocenters. The van der Waals surface area contributed by atoms with Gasteiger partial charge in [-0.2, -0.15) is 0 Å². The molecule has 0 aromatic carbocycles. The Hall–Kier alpha value is -2.74. The minimum Gasteiger partial charge on any atom is -0.466 e. The van der Waals surface area contributed by atoms with Gasteiger partial charge in [0, 0.05) is 31.9 Å². The summed E-state index contributed by atoms with van der Waals surface area (Å²) in [5.74, 6) is 1.80. The van der Waals surface area contributed by atoms with E-state index < -0.39 is 0 Å². The van der Waals surface area contributed by atoms with Gasteiger partial charge < -0.3 is 19.7 Å². The lowest BCUT2D eigenvalue weighted by atomic mass is 10.3. The molecule has 1 fully saturated rings. The monoisotopic (exact) mass is 357 g/mol. The zero-order chi connectivity index (χ0) is 18.2. The fraction of sp³-hybridized carbons (Fsp3) is 0.444. The number of morpholine rings is 1. The molecule has 8 nitrogen and oxygen atoms in total. The number of anilines is 2. The number of nitrogens with one attached hydrogen (secondary N) is 1. The number of nitrogens with zero attached hydrogens (tertiary/aromatic N) is 4. The first-order chi connectivity index (χ1) is 12.8.